The molecule has 0 bridgehead atoms. The third-order valence-electron chi connectivity index (χ3n) is 5.13. The number of imidazole rings is 1. The van der Waals surface area contributed by atoms with E-state index in [1.165, 1.54) is 5.56 Å². The molecule has 0 unspecified atom stereocenters. The summed E-state index contributed by atoms with van der Waals surface area (Å²) in [5.74, 6) is 2.56. The van der Waals surface area contributed by atoms with Crippen LogP contribution >= 0.6 is 0 Å². The number of aryl methyl sites for hydroxylation is 1. The van der Waals surface area contributed by atoms with Crippen LogP contribution in [0.3, 0.4) is 0 Å². The van der Waals surface area contributed by atoms with E-state index >= 15 is 0 Å². The molecule has 160 valence electrons. The Balaban J connectivity index is 1.31. The van der Waals surface area contributed by atoms with Crippen LogP contribution < -0.4 is 14.8 Å². The third-order valence-corrected chi connectivity index (χ3v) is 5.13. The highest BCUT2D eigenvalue weighted by Gasteiger charge is 2.08. The second-order valence-electron chi connectivity index (χ2n) is 7.62. The van der Waals surface area contributed by atoms with E-state index in [9.17, 15) is 0 Å². The molecule has 5 nitrogen and oxygen atoms in total. The van der Waals surface area contributed by atoms with E-state index in [1.807, 2.05) is 31.2 Å². The number of H-pyrrole nitrogens is 1. The Kier molecular flexibility index (Phi) is 6.85. The molecule has 0 amide bonds. The smallest absolute Gasteiger partial charge is 0.161 e. The monoisotopic (exact) mass is 415 g/mol. The minimum absolute atomic E-state index is 0.523. The zero-order valence-corrected chi connectivity index (χ0v) is 18.2. The number of aromatic amines is 1. The molecule has 4 rings (SSSR count). The standard InChI is InChI=1S/C26H29N3O2/c1-3-30-25-16-21(12-13-24(25)31-18-20-10-8-19(2)9-11-20)17-27-15-14-26-28-22-6-4-5-7-23(22)29-26/h4-13,16,27H,3,14-15,17-18H2,1-2H3,(H,28,29). The quantitative estimate of drug-likeness (QED) is 0.350. The van der Waals surface area contributed by atoms with Crippen molar-refractivity contribution in [3.8, 4) is 11.5 Å². The number of benzene rings is 3. The lowest BCUT2D eigenvalue weighted by molar-refractivity contribution is 0.269. The first-order chi connectivity index (χ1) is 15.2. The van der Waals surface area contributed by atoms with Gasteiger partial charge in [-0.25, -0.2) is 4.98 Å². The molecule has 0 atom stereocenters. The minimum Gasteiger partial charge on any atom is -0.490 e. The second-order valence-corrected chi connectivity index (χ2v) is 7.62. The van der Waals surface area contributed by atoms with Crippen molar-refractivity contribution in [2.75, 3.05) is 13.2 Å². The van der Waals surface area contributed by atoms with Crippen LogP contribution in [-0.2, 0) is 19.6 Å². The summed E-state index contributed by atoms with van der Waals surface area (Å²) in [5, 5.41) is 3.49. The molecule has 5 heteroatoms. The van der Waals surface area contributed by atoms with Gasteiger partial charge in [0, 0.05) is 19.5 Å². The normalized spacial score (nSPS) is 11.0. The summed E-state index contributed by atoms with van der Waals surface area (Å²) < 4.78 is 11.9. The molecule has 1 heterocycles. The summed E-state index contributed by atoms with van der Waals surface area (Å²) in [6.45, 7) is 6.80. The molecule has 0 radical (unpaired) electrons. The van der Waals surface area contributed by atoms with Crippen molar-refractivity contribution in [3.63, 3.8) is 0 Å². The Hall–Kier alpha value is -3.31. The number of ether oxygens (including phenoxy) is 2. The zero-order chi connectivity index (χ0) is 21.5. The van der Waals surface area contributed by atoms with Crippen molar-refractivity contribution in [2.45, 2.75) is 33.4 Å². The molecule has 0 aliphatic heterocycles. The van der Waals surface area contributed by atoms with Gasteiger partial charge in [-0.1, -0.05) is 48.0 Å². The van der Waals surface area contributed by atoms with Gasteiger partial charge in [0.25, 0.3) is 0 Å². The second kappa shape index (κ2) is 10.1. The predicted octanol–water partition coefficient (Wildman–Crippen LogP) is 5.18. The Morgan fingerprint density at radius 3 is 2.52 bits per heavy atom. The molecule has 0 saturated carbocycles. The van der Waals surface area contributed by atoms with Crippen molar-refractivity contribution in [1.82, 2.24) is 15.3 Å². The predicted molar refractivity (Wildman–Crippen MR) is 125 cm³/mol. The molecule has 0 spiro atoms. The maximum atomic E-state index is 6.03. The fourth-order valence-corrected chi connectivity index (χ4v) is 3.46. The van der Waals surface area contributed by atoms with Crippen molar-refractivity contribution in [3.05, 3.63) is 89.2 Å². The van der Waals surface area contributed by atoms with Gasteiger partial charge < -0.3 is 19.8 Å². The van der Waals surface area contributed by atoms with E-state index in [-0.39, 0.29) is 0 Å². The molecule has 3 aromatic carbocycles. The Bertz CT molecular complexity index is 1090. The Labute approximate surface area is 183 Å². The first kappa shape index (κ1) is 20.9. The van der Waals surface area contributed by atoms with Crippen molar-refractivity contribution < 1.29 is 9.47 Å². The minimum atomic E-state index is 0.523. The van der Waals surface area contributed by atoms with E-state index in [4.69, 9.17) is 9.47 Å². The lowest BCUT2D eigenvalue weighted by atomic mass is 10.1. The van der Waals surface area contributed by atoms with Crippen LogP contribution in [0.5, 0.6) is 11.5 Å². The number of fused-ring (bicyclic) bond motifs is 1. The summed E-state index contributed by atoms with van der Waals surface area (Å²) in [7, 11) is 0. The van der Waals surface area contributed by atoms with E-state index in [0.717, 1.165) is 59.0 Å². The van der Waals surface area contributed by atoms with Crippen LogP contribution in [0, 0.1) is 6.92 Å². The largest absolute Gasteiger partial charge is 0.490 e. The van der Waals surface area contributed by atoms with Crippen LogP contribution in [-0.4, -0.2) is 23.1 Å². The lowest BCUT2D eigenvalue weighted by Crippen LogP contribution is -2.17. The number of hydrogen-bond donors (Lipinski definition) is 2. The number of aromatic nitrogens is 2. The van der Waals surface area contributed by atoms with Crippen LogP contribution in [0.2, 0.25) is 0 Å². The Morgan fingerprint density at radius 1 is 0.903 bits per heavy atom. The molecule has 31 heavy (non-hydrogen) atoms. The van der Waals surface area contributed by atoms with Crippen LogP contribution in [0.25, 0.3) is 11.0 Å². The highest BCUT2D eigenvalue weighted by atomic mass is 16.5. The van der Waals surface area contributed by atoms with Crippen molar-refractivity contribution in [1.29, 1.82) is 0 Å². The molecule has 0 saturated heterocycles. The molecular weight excluding hydrogens is 386 g/mol. The topological polar surface area (TPSA) is 59.2 Å². The summed E-state index contributed by atoms with van der Waals surface area (Å²) in [4.78, 5) is 8.00. The average Bonchev–Trinajstić information content (AvgIpc) is 3.20. The van der Waals surface area contributed by atoms with Gasteiger partial charge in [0.15, 0.2) is 11.5 Å². The third kappa shape index (κ3) is 5.64. The molecule has 0 aliphatic carbocycles. The zero-order valence-electron chi connectivity index (χ0n) is 18.2. The van der Waals surface area contributed by atoms with E-state index in [0.29, 0.717) is 13.2 Å². The molecule has 2 N–H and O–H groups in total. The van der Waals surface area contributed by atoms with Gasteiger partial charge in [-0.15, -0.1) is 0 Å². The number of nitrogens with one attached hydrogen (secondary N) is 2. The number of para-hydroxylation sites is 2. The average molecular weight is 416 g/mol. The lowest BCUT2D eigenvalue weighted by Gasteiger charge is -2.14. The summed E-state index contributed by atoms with van der Waals surface area (Å²) in [6.07, 6.45) is 0.852. The SMILES string of the molecule is CCOc1cc(CNCCc2nc3ccccc3[nH]2)ccc1OCc1ccc(C)cc1. The molecule has 0 aliphatic rings. The summed E-state index contributed by atoms with van der Waals surface area (Å²) >= 11 is 0. The maximum absolute atomic E-state index is 6.03. The van der Waals surface area contributed by atoms with Crippen molar-refractivity contribution in [2.24, 2.45) is 0 Å². The molecule has 1 aromatic heterocycles. The van der Waals surface area contributed by atoms with E-state index in [2.05, 4.69) is 64.7 Å². The van der Waals surface area contributed by atoms with Gasteiger partial charge in [-0.2, -0.15) is 0 Å². The molecule has 4 aromatic rings. The summed E-state index contributed by atoms with van der Waals surface area (Å²) in [6, 6.07) is 22.6. The fraction of sp³-hybridized carbons (Fsp3) is 0.269. The van der Waals surface area contributed by atoms with Gasteiger partial charge in [0.05, 0.1) is 17.6 Å². The fourth-order valence-electron chi connectivity index (χ4n) is 3.46. The highest BCUT2D eigenvalue weighted by Crippen LogP contribution is 2.29. The maximum Gasteiger partial charge on any atom is 0.161 e. The van der Waals surface area contributed by atoms with E-state index < -0.39 is 0 Å². The first-order valence-corrected chi connectivity index (χ1v) is 10.8. The van der Waals surface area contributed by atoms with Crippen LogP contribution in [0.4, 0.5) is 0 Å². The first-order valence-electron chi connectivity index (χ1n) is 10.8. The van der Waals surface area contributed by atoms with Crippen molar-refractivity contribution >= 4 is 11.0 Å². The number of nitrogens with zero attached hydrogens (tertiary/aromatic N) is 1. The number of rotatable bonds is 10. The van der Waals surface area contributed by atoms with Gasteiger partial charge in [-0.3, -0.25) is 0 Å². The van der Waals surface area contributed by atoms with Gasteiger partial charge in [0.1, 0.15) is 12.4 Å². The molecular formula is C26H29N3O2. The van der Waals surface area contributed by atoms with Crippen LogP contribution in [0.1, 0.15) is 29.4 Å². The van der Waals surface area contributed by atoms with Gasteiger partial charge in [-0.05, 0) is 49.2 Å². The van der Waals surface area contributed by atoms with Crippen LogP contribution in [0.15, 0.2) is 66.7 Å². The Morgan fingerprint density at radius 2 is 1.71 bits per heavy atom. The van der Waals surface area contributed by atoms with Gasteiger partial charge >= 0.3 is 0 Å². The molecule has 0 fully saturated rings. The van der Waals surface area contributed by atoms with Gasteiger partial charge in [0.2, 0.25) is 0 Å². The highest BCUT2D eigenvalue weighted by molar-refractivity contribution is 5.74. The number of hydrogen-bond acceptors (Lipinski definition) is 4. The van der Waals surface area contributed by atoms with E-state index in [1.54, 1.807) is 0 Å². The summed E-state index contributed by atoms with van der Waals surface area (Å²) in [5.41, 5.74) is 5.65.